The molecule has 0 bridgehead atoms. The minimum atomic E-state index is -0.562. The van der Waals surface area contributed by atoms with Gasteiger partial charge in [-0.3, -0.25) is 4.79 Å². The van der Waals surface area contributed by atoms with Crippen molar-refractivity contribution in [2.75, 3.05) is 6.54 Å². The fraction of sp³-hybridized carbons (Fsp3) is 0.100. The highest BCUT2D eigenvalue weighted by molar-refractivity contribution is 5.79. The molecule has 0 amide bonds. The minimum absolute atomic E-state index is 0.0284. The predicted molar refractivity (Wildman–Crippen MR) is 52.7 cm³/mol. The molecule has 0 aliphatic rings. The smallest absolute Gasteiger partial charge is 0.151 e. The summed E-state index contributed by atoms with van der Waals surface area (Å²) < 4.78 is 13.2. The van der Waals surface area contributed by atoms with Crippen LogP contribution in [0.5, 0.6) is 0 Å². The van der Waals surface area contributed by atoms with Gasteiger partial charge in [0.1, 0.15) is 5.82 Å². The third-order valence-electron chi connectivity index (χ3n) is 1.60. The Morgan fingerprint density at radius 3 is 3.07 bits per heavy atom. The Balaban J connectivity index is 3.05. The van der Waals surface area contributed by atoms with Gasteiger partial charge in [0.2, 0.25) is 0 Å². The van der Waals surface area contributed by atoms with Crippen LogP contribution >= 0.6 is 0 Å². The van der Waals surface area contributed by atoms with Crippen molar-refractivity contribution in [3.63, 3.8) is 0 Å². The first kappa shape index (κ1) is 10.8. The Labute approximate surface area is 85.4 Å². The molecular weight excluding hydrogens is 197 g/mol. The highest BCUT2D eigenvalue weighted by Gasteiger charge is 2.03. The van der Waals surface area contributed by atoms with Gasteiger partial charge in [-0.05, 0) is 11.6 Å². The minimum Gasteiger partial charge on any atom is -0.298 e. The van der Waals surface area contributed by atoms with Gasteiger partial charge in [0.25, 0.3) is 0 Å². The molecular formula is C10H6FN3O. The molecule has 0 saturated carbocycles. The second-order valence-electron chi connectivity index (χ2n) is 2.51. The molecule has 4 nitrogen and oxygen atoms in total. The second-order valence-corrected chi connectivity index (χ2v) is 2.51. The van der Waals surface area contributed by atoms with E-state index < -0.39 is 5.82 Å². The summed E-state index contributed by atoms with van der Waals surface area (Å²) in [7, 11) is 0. The fourth-order valence-corrected chi connectivity index (χ4v) is 0.966. The Bertz CT molecular complexity index is 481. The molecule has 15 heavy (non-hydrogen) atoms. The number of benzene rings is 1. The lowest BCUT2D eigenvalue weighted by Gasteiger charge is -1.96. The van der Waals surface area contributed by atoms with Crippen molar-refractivity contribution in [2.24, 2.45) is 5.11 Å². The Kier molecular flexibility index (Phi) is 3.90. The normalized spacial score (nSPS) is 8.33. The van der Waals surface area contributed by atoms with Gasteiger partial charge >= 0.3 is 0 Å². The van der Waals surface area contributed by atoms with E-state index in [1.807, 2.05) is 0 Å². The molecule has 1 rings (SSSR count). The summed E-state index contributed by atoms with van der Waals surface area (Å²) in [6.45, 7) is -0.0524. The summed E-state index contributed by atoms with van der Waals surface area (Å²) in [5, 5.41) is 3.17. The SMILES string of the molecule is [N-]=[N+]=NCC#Cc1c(F)cccc1C=O. The zero-order valence-electron chi connectivity index (χ0n) is 7.64. The number of carbonyl (C=O) groups excluding carboxylic acids is 1. The van der Waals surface area contributed by atoms with Crippen molar-refractivity contribution in [3.8, 4) is 11.8 Å². The van der Waals surface area contributed by atoms with E-state index in [-0.39, 0.29) is 17.7 Å². The zero-order chi connectivity index (χ0) is 11.1. The molecule has 0 saturated heterocycles. The van der Waals surface area contributed by atoms with Crippen molar-refractivity contribution in [1.82, 2.24) is 0 Å². The van der Waals surface area contributed by atoms with Gasteiger partial charge in [-0.2, -0.15) is 0 Å². The van der Waals surface area contributed by atoms with Crippen LogP contribution in [-0.4, -0.2) is 12.8 Å². The van der Waals surface area contributed by atoms with Crippen LogP contribution in [0.2, 0.25) is 0 Å². The highest BCUT2D eigenvalue weighted by atomic mass is 19.1. The maximum absolute atomic E-state index is 13.2. The fourth-order valence-electron chi connectivity index (χ4n) is 0.966. The Morgan fingerprint density at radius 1 is 1.60 bits per heavy atom. The largest absolute Gasteiger partial charge is 0.298 e. The zero-order valence-corrected chi connectivity index (χ0v) is 7.64. The van der Waals surface area contributed by atoms with Gasteiger partial charge < -0.3 is 0 Å². The molecule has 0 aromatic heterocycles. The van der Waals surface area contributed by atoms with E-state index in [0.29, 0.717) is 6.29 Å². The summed E-state index contributed by atoms with van der Waals surface area (Å²) >= 11 is 0. The van der Waals surface area contributed by atoms with Crippen LogP contribution in [0, 0.1) is 17.7 Å². The molecule has 0 aliphatic heterocycles. The van der Waals surface area contributed by atoms with Gasteiger partial charge in [0.15, 0.2) is 6.29 Å². The summed E-state index contributed by atoms with van der Waals surface area (Å²) in [5.74, 6) is 4.33. The molecule has 0 aliphatic carbocycles. The highest BCUT2D eigenvalue weighted by Crippen LogP contribution is 2.09. The van der Waals surface area contributed by atoms with E-state index in [0.717, 1.165) is 0 Å². The van der Waals surface area contributed by atoms with Crippen LogP contribution in [0.15, 0.2) is 23.3 Å². The molecule has 5 heteroatoms. The predicted octanol–water partition coefficient (Wildman–Crippen LogP) is 2.30. The quantitative estimate of drug-likeness (QED) is 0.239. The summed E-state index contributed by atoms with van der Waals surface area (Å²) in [4.78, 5) is 13.0. The van der Waals surface area contributed by atoms with Gasteiger partial charge in [-0.15, -0.1) is 0 Å². The molecule has 0 heterocycles. The van der Waals surface area contributed by atoms with Crippen molar-refractivity contribution in [2.45, 2.75) is 0 Å². The third kappa shape index (κ3) is 2.83. The van der Waals surface area contributed by atoms with E-state index in [9.17, 15) is 9.18 Å². The Morgan fingerprint density at radius 2 is 2.40 bits per heavy atom. The first-order chi connectivity index (χ1) is 7.29. The number of hydrogen-bond acceptors (Lipinski definition) is 2. The topological polar surface area (TPSA) is 65.8 Å². The maximum Gasteiger partial charge on any atom is 0.151 e. The van der Waals surface area contributed by atoms with Crippen molar-refractivity contribution < 1.29 is 9.18 Å². The van der Waals surface area contributed by atoms with E-state index in [1.165, 1.54) is 18.2 Å². The van der Waals surface area contributed by atoms with Crippen LogP contribution in [0.1, 0.15) is 15.9 Å². The summed E-state index contributed by atoms with van der Waals surface area (Å²) in [6, 6.07) is 4.11. The maximum atomic E-state index is 13.2. The van der Waals surface area contributed by atoms with Crippen molar-refractivity contribution >= 4 is 6.29 Å². The van der Waals surface area contributed by atoms with Crippen LogP contribution in [0.4, 0.5) is 4.39 Å². The van der Waals surface area contributed by atoms with E-state index in [4.69, 9.17) is 5.53 Å². The number of azide groups is 1. The number of hydrogen-bond donors (Lipinski definition) is 0. The van der Waals surface area contributed by atoms with Crippen LogP contribution in [0.3, 0.4) is 0 Å². The summed E-state index contributed by atoms with van der Waals surface area (Å²) in [6.07, 6.45) is 0.528. The lowest BCUT2D eigenvalue weighted by molar-refractivity contribution is 0.112. The molecule has 0 radical (unpaired) electrons. The average Bonchev–Trinajstić information content (AvgIpc) is 2.26. The number of carbonyl (C=O) groups is 1. The van der Waals surface area contributed by atoms with E-state index in [1.54, 1.807) is 0 Å². The van der Waals surface area contributed by atoms with Gasteiger partial charge in [0.05, 0.1) is 12.1 Å². The number of rotatable bonds is 2. The molecule has 74 valence electrons. The van der Waals surface area contributed by atoms with Crippen LogP contribution in [0.25, 0.3) is 10.4 Å². The number of aldehydes is 1. The standard InChI is InChI=1S/C10H6FN3O/c11-10-5-1-3-8(7-15)9(10)4-2-6-13-14-12/h1,3,5,7H,6H2. The lowest BCUT2D eigenvalue weighted by atomic mass is 10.1. The Hall–Kier alpha value is -2.31. The van der Waals surface area contributed by atoms with Crippen LogP contribution < -0.4 is 0 Å². The van der Waals surface area contributed by atoms with Gasteiger partial charge in [-0.1, -0.05) is 29.1 Å². The first-order valence-electron chi connectivity index (χ1n) is 4.03. The second kappa shape index (κ2) is 5.43. The van der Waals surface area contributed by atoms with Crippen LogP contribution in [-0.2, 0) is 0 Å². The number of halogens is 1. The monoisotopic (exact) mass is 203 g/mol. The lowest BCUT2D eigenvalue weighted by Crippen LogP contribution is -1.91. The number of nitrogens with zero attached hydrogens (tertiary/aromatic N) is 3. The molecule has 1 aromatic carbocycles. The van der Waals surface area contributed by atoms with Gasteiger partial charge in [0, 0.05) is 10.5 Å². The molecule has 1 aromatic rings. The first-order valence-corrected chi connectivity index (χ1v) is 4.03. The van der Waals surface area contributed by atoms with Gasteiger partial charge in [-0.25, -0.2) is 4.39 Å². The van der Waals surface area contributed by atoms with E-state index >= 15 is 0 Å². The summed E-state index contributed by atoms with van der Waals surface area (Å²) in [5.41, 5.74) is 8.19. The molecule has 0 fully saturated rings. The van der Waals surface area contributed by atoms with Crippen molar-refractivity contribution in [1.29, 1.82) is 0 Å². The van der Waals surface area contributed by atoms with Crippen molar-refractivity contribution in [3.05, 3.63) is 45.6 Å². The molecule has 0 unspecified atom stereocenters. The van der Waals surface area contributed by atoms with E-state index in [2.05, 4.69) is 21.9 Å². The average molecular weight is 203 g/mol. The molecule has 0 atom stereocenters. The molecule has 0 spiro atoms. The molecule has 0 N–H and O–H groups in total. The third-order valence-corrected chi connectivity index (χ3v) is 1.60.